The predicted molar refractivity (Wildman–Crippen MR) is 129 cm³/mol. The molecule has 0 saturated carbocycles. The number of ether oxygens (including phenoxy) is 1. The summed E-state index contributed by atoms with van der Waals surface area (Å²) in [5.74, 6) is 0.539. The number of methoxy groups -OCH3 is 1. The fourth-order valence-corrected chi connectivity index (χ4v) is 4.60. The molecule has 1 fully saturated rings. The number of hydrogen-bond acceptors (Lipinski definition) is 5. The fourth-order valence-electron chi connectivity index (χ4n) is 4.60. The zero-order valence-electron chi connectivity index (χ0n) is 19.3. The van der Waals surface area contributed by atoms with Crippen LogP contribution in [0.4, 0.5) is 0 Å². The van der Waals surface area contributed by atoms with Gasteiger partial charge in [0.2, 0.25) is 0 Å². The molecule has 3 aromatic rings. The molecule has 4 rings (SSSR count). The molecule has 1 saturated heterocycles. The number of allylic oxidation sites excluding steroid dienone is 1. The van der Waals surface area contributed by atoms with Crippen molar-refractivity contribution in [1.82, 2.24) is 14.5 Å². The molecule has 172 valence electrons. The van der Waals surface area contributed by atoms with Crippen LogP contribution >= 0.6 is 0 Å². The van der Waals surface area contributed by atoms with Crippen LogP contribution < -0.4 is 4.74 Å². The van der Waals surface area contributed by atoms with Crippen LogP contribution in [0, 0.1) is 12.3 Å². The third kappa shape index (κ3) is 5.34. The zero-order chi connectivity index (χ0) is 23.3. The van der Waals surface area contributed by atoms with E-state index in [1.807, 2.05) is 54.2 Å². The van der Waals surface area contributed by atoms with Crippen LogP contribution in [-0.4, -0.2) is 52.1 Å². The molecular weight excluding hydrogens is 414 g/mol. The van der Waals surface area contributed by atoms with E-state index in [2.05, 4.69) is 22.0 Å². The monoisotopic (exact) mass is 445 g/mol. The Morgan fingerprint density at radius 3 is 2.76 bits per heavy atom. The van der Waals surface area contributed by atoms with E-state index in [-0.39, 0.29) is 17.8 Å². The van der Waals surface area contributed by atoms with E-state index < -0.39 is 0 Å². The number of benzene rings is 2. The van der Waals surface area contributed by atoms with Gasteiger partial charge in [0.1, 0.15) is 5.75 Å². The molecule has 0 radical (unpaired) electrons. The van der Waals surface area contributed by atoms with Gasteiger partial charge in [-0.3, -0.25) is 4.79 Å². The molecule has 0 amide bonds. The average molecular weight is 446 g/mol. The van der Waals surface area contributed by atoms with E-state index >= 15 is 0 Å². The van der Waals surface area contributed by atoms with Gasteiger partial charge in [-0.1, -0.05) is 30.3 Å². The maximum absolute atomic E-state index is 12.9. The summed E-state index contributed by atoms with van der Waals surface area (Å²) in [4.78, 5) is 19.3. The number of carbonyl (C=O) groups excluding carboxylic acids is 1. The smallest absolute Gasteiger partial charge is 0.187 e. The summed E-state index contributed by atoms with van der Waals surface area (Å²) in [7, 11) is 1.60. The van der Waals surface area contributed by atoms with Crippen molar-refractivity contribution in [2.24, 2.45) is 5.41 Å². The second-order valence-corrected chi connectivity index (χ2v) is 8.88. The topological polar surface area (TPSA) is 67.6 Å². The molecule has 6 nitrogen and oxygen atoms in total. The van der Waals surface area contributed by atoms with Crippen LogP contribution in [0.1, 0.15) is 34.5 Å². The van der Waals surface area contributed by atoms with Crippen LogP contribution in [0.25, 0.3) is 5.69 Å². The maximum Gasteiger partial charge on any atom is 0.187 e. The lowest BCUT2D eigenvalue weighted by Crippen LogP contribution is -2.44. The van der Waals surface area contributed by atoms with Crippen LogP contribution in [-0.2, 0) is 6.42 Å². The second kappa shape index (κ2) is 10.0. The number of likely N-dealkylation sites (tertiary alicyclic amines) is 1. The normalized spacial score (nSPS) is 18.6. The number of imidazole rings is 1. The third-order valence-corrected chi connectivity index (χ3v) is 6.34. The Morgan fingerprint density at radius 2 is 2.06 bits per heavy atom. The number of aromatic nitrogens is 2. The lowest BCUT2D eigenvalue weighted by atomic mass is 9.76. The van der Waals surface area contributed by atoms with Gasteiger partial charge in [-0.2, -0.15) is 0 Å². The molecule has 1 N–H and O–H groups in total. The second-order valence-electron chi connectivity index (χ2n) is 8.88. The highest BCUT2D eigenvalue weighted by molar-refractivity contribution is 6.04. The van der Waals surface area contributed by atoms with Crippen molar-refractivity contribution in [2.45, 2.75) is 26.2 Å². The molecule has 1 aliphatic rings. The van der Waals surface area contributed by atoms with Gasteiger partial charge < -0.3 is 19.3 Å². The first-order valence-corrected chi connectivity index (χ1v) is 11.3. The van der Waals surface area contributed by atoms with Gasteiger partial charge in [0.15, 0.2) is 5.78 Å². The molecule has 0 spiro atoms. The number of aliphatic hydroxyl groups is 1. The summed E-state index contributed by atoms with van der Waals surface area (Å²) in [5, 5.41) is 10.2. The molecule has 1 aliphatic heterocycles. The van der Waals surface area contributed by atoms with Crippen molar-refractivity contribution in [1.29, 1.82) is 0 Å². The molecule has 1 aromatic heterocycles. The highest BCUT2D eigenvalue weighted by atomic mass is 16.5. The van der Waals surface area contributed by atoms with E-state index in [1.165, 1.54) is 5.56 Å². The first-order chi connectivity index (χ1) is 16.0. The largest absolute Gasteiger partial charge is 0.495 e. The Hall–Kier alpha value is -3.38. The molecule has 2 heterocycles. The van der Waals surface area contributed by atoms with Gasteiger partial charge in [0, 0.05) is 42.5 Å². The summed E-state index contributed by atoms with van der Waals surface area (Å²) in [6.45, 7) is 3.66. The van der Waals surface area contributed by atoms with Crippen molar-refractivity contribution < 1.29 is 14.6 Å². The average Bonchev–Trinajstić information content (AvgIpc) is 3.29. The van der Waals surface area contributed by atoms with E-state index in [4.69, 9.17) is 4.74 Å². The number of aliphatic hydroxyl groups excluding tert-OH is 1. The summed E-state index contributed by atoms with van der Waals surface area (Å²) in [5.41, 5.74) is 3.35. The van der Waals surface area contributed by atoms with Gasteiger partial charge in [0.25, 0.3) is 0 Å². The number of hydrogen-bond donors (Lipinski definition) is 1. The molecule has 6 heteroatoms. The van der Waals surface area contributed by atoms with Crippen molar-refractivity contribution in [3.8, 4) is 11.4 Å². The fraction of sp³-hybridized carbons (Fsp3) is 0.333. The van der Waals surface area contributed by atoms with E-state index in [0.717, 1.165) is 43.7 Å². The molecule has 1 atom stereocenters. The first kappa shape index (κ1) is 22.8. The van der Waals surface area contributed by atoms with Crippen LogP contribution in [0.3, 0.4) is 0 Å². The lowest BCUT2D eigenvalue weighted by molar-refractivity contribution is 0.0520. The highest BCUT2D eigenvalue weighted by Gasteiger charge is 2.34. The van der Waals surface area contributed by atoms with Crippen LogP contribution in [0.2, 0.25) is 0 Å². The standard InChI is InChI=1S/C27H31N3O3/c1-21-17-30(20-28-21)24-10-9-23(15-26(24)33-2)25(32)11-14-29-13-6-12-27(18-29,19-31)16-22-7-4-3-5-8-22/h3-5,7-11,14-15,17,20,31H,6,12-13,16,18-19H2,1-2H3. The molecule has 0 bridgehead atoms. The lowest BCUT2D eigenvalue weighted by Gasteiger charge is -2.41. The molecule has 1 unspecified atom stereocenters. The van der Waals surface area contributed by atoms with E-state index in [9.17, 15) is 9.90 Å². The Bertz CT molecular complexity index is 1120. The summed E-state index contributed by atoms with van der Waals surface area (Å²) < 4.78 is 7.41. The Balaban J connectivity index is 1.46. The minimum atomic E-state index is -0.194. The Labute approximate surface area is 195 Å². The highest BCUT2D eigenvalue weighted by Crippen LogP contribution is 2.33. The van der Waals surface area contributed by atoms with Crippen molar-refractivity contribution in [2.75, 3.05) is 26.8 Å². The molecule has 33 heavy (non-hydrogen) atoms. The van der Waals surface area contributed by atoms with Gasteiger partial charge in [-0.15, -0.1) is 0 Å². The van der Waals surface area contributed by atoms with Gasteiger partial charge in [0.05, 0.1) is 31.4 Å². The minimum Gasteiger partial charge on any atom is -0.495 e. The van der Waals surface area contributed by atoms with E-state index in [1.54, 1.807) is 25.6 Å². The maximum atomic E-state index is 12.9. The van der Waals surface area contributed by atoms with Crippen molar-refractivity contribution in [3.05, 3.63) is 90.2 Å². The number of carbonyl (C=O) groups is 1. The van der Waals surface area contributed by atoms with Gasteiger partial charge >= 0.3 is 0 Å². The summed E-state index contributed by atoms with van der Waals surface area (Å²) in [6, 6.07) is 15.7. The SMILES string of the molecule is COc1cc(C(=O)C=CN2CCCC(CO)(Cc3ccccc3)C2)ccc1-n1cnc(C)c1. The quantitative estimate of drug-likeness (QED) is 0.416. The number of rotatable bonds is 8. The minimum absolute atomic E-state index is 0.0788. The van der Waals surface area contributed by atoms with Crippen molar-refractivity contribution in [3.63, 3.8) is 0 Å². The summed E-state index contributed by atoms with van der Waals surface area (Å²) in [6.07, 6.45) is 9.92. The number of piperidine rings is 1. The molecular formula is C27H31N3O3. The van der Waals surface area contributed by atoms with E-state index in [0.29, 0.717) is 11.3 Å². The van der Waals surface area contributed by atoms with Crippen LogP contribution in [0.5, 0.6) is 5.75 Å². The Morgan fingerprint density at radius 1 is 1.24 bits per heavy atom. The van der Waals surface area contributed by atoms with Crippen LogP contribution in [0.15, 0.2) is 73.3 Å². The van der Waals surface area contributed by atoms with Crippen molar-refractivity contribution >= 4 is 5.78 Å². The molecule has 0 aliphatic carbocycles. The number of nitrogens with zero attached hydrogens (tertiary/aromatic N) is 3. The molecule has 2 aromatic carbocycles. The van der Waals surface area contributed by atoms with Gasteiger partial charge in [-0.05, 0) is 49.9 Å². The summed E-state index contributed by atoms with van der Waals surface area (Å²) >= 11 is 0. The van der Waals surface area contributed by atoms with Gasteiger partial charge in [-0.25, -0.2) is 4.98 Å². The number of ketones is 1. The third-order valence-electron chi connectivity index (χ3n) is 6.34. The number of aryl methyl sites for hydroxylation is 1. The Kier molecular flexibility index (Phi) is 6.94. The first-order valence-electron chi connectivity index (χ1n) is 11.3. The zero-order valence-corrected chi connectivity index (χ0v) is 19.3. The predicted octanol–water partition coefficient (Wildman–Crippen LogP) is 4.20.